The SMILES string of the molecule is CC[C@H]1CCN(CCP(=O)(O)O)[C@@H](C(=O)N[C@@H](C)C(=O)NCc2cc3cnccc3[nH]2)C1. The van der Waals surface area contributed by atoms with E-state index in [1.807, 2.05) is 17.0 Å². The maximum absolute atomic E-state index is 13.0. The van der Waals surface area contributed by atoms with Gasteiger partial charge in [0.15, 0.2) is 0 Å². The van der Waals surface area contributed by atoms with Crippen LogP contribution in [0.15, 0.2) is 24.5 Å². The molecule has 0 radical (unpaired) electrons. The molecule has 2 aromatic heterocycles. The number of nitrogens with one attached hydrogen (secondary N) is 3. The van der Waals surface area contributed by atoms with Gasteiger partial charge in [0.2, 0.25) is 11.8 Å². The Morgan fingerprint density at radius 3 is 2.88 bits per heavy atom. The quantitative estimate of drug-likeness (QED) is 0.351. The molecule has 5 N–H and O–H groups in total. The molecule has 1 aliphatic heterocycles. The van der Waals surface area contributed by atoms with Crippen LogP contribution >= 0.6 is 7.60 Å². The summed E-state index contributed by atoms with van der Waals surface area (Å²) in [7, 11) is -4.15. The van der Waals surface area contributed by atoms with Gasteiger partial charge in [-0.15, -0.1) is 0 Å². The van der Waals surface area contributed by atoms with Crippen LogP contribution in [0.2, 0.25) is 0 Å². The molecule has 1 fully saturated rings. The number of likely N-dealkylation sites (tertiary alicyclic amines) is 1. The summed E-state index contributed by atoms with van der Waals surface area (Å²) in [5.74, 6) is -0.217. The van der Waals surface area contributed by atoms with Crippen molar-refractivity contribution in [2.45, 2.75) is 51.7 Å². The zero-order valence-corrected chi connectivity index (χ0v) is 19.3. The lowest BCUT2D eigenvalue weighted by Gasteiger charge is -2.38. The van der Waals surface area contributed by atoms with Crippen molar-refractivity contribution in [1.82, 2.24) is 25.5 Å². The lowest BCUT2D eigenvalue weighted by molar-refractivity contribution is -0.133. The number of amides is 2. The van der Waals surface area contributed by atoms with E-state index >= 15 is 0 Å². The van der Waals surface area contributed by atoms with E-state index in [0.29, 0.717) is 25.4 Å². The number of rotatable bonds is 9. The number of carbonyl (C=O) groups is 2. The van der Waals surface area contributed by atoms with Gasteiger partial charge in [-0.05, 0) is 44.4 Å². The van der Waals surface area contributed by atoms with Crippen molar-refractivity contribution in [2.75, 3.05) is 19.3 Å². The third-order valence-electron chi connectivity index (χ3n) is 6.06. The fourth-order valence-corrected chi connectivity index (χ4v) is 4.61. The Balaban J connectivity index is 1.55. The van der Waals surface area contributed by atoms with Crippen molar-refractivity contribution < 1.29 is 23.9 Å². The van der Waals surface area contributed by atoms with Crippen molar-refractivity contribution in [3.63, 3.8) is 0 Å². The molecule has 176 valence electrons. The molecule has 0 unspecified atom stereocenters. The first kappa shape index (κ1) is 24.4. The highest BCUT2D eigenvalue weighted by Gasteiger charge is 2.34. The minimum atomic E-state index is -4.15. The van der Waals surface area contributed by atoms with Crippen molar-refractivity contribution in [3.05, 3.63) is 30.2 Å². The molecule has 2 amide bonds. The third-order valence-corrected chi connectivity index (χ3v) is 6.84. The number of aromatic nitrogens is 2. The Morgan fingerprint density at radius 2 is 2.19 bits per heavy atom. The molecule has 3 atom stereocenters. The van der Waals surface area contributed by atoms with Crippen LogP contribution in [0, 0.1) is 5.92 Å². The summed E-state index contributed by atoms with van der Waals surface area (Å²) in [6.45, 7) is 4.74. The van der Waals surface area contributed by atoms with Crippen LogP contribution in [0.3, 0.4) is 0 Å². The number of hydrogen-bond acceptors (Lipinski definition) is 5. The molecule has 3 heterocycles. The largest absolute Gasteiger partial charge is 0.357 e. The molecule has 0 aromatic carbocycles. The molecule has 10 nitrogen and oxygen atoms in total. The van der Waals surface area contributed by atoms with Gasteiger partial charge in [-0.1, -0.05) is 13.3 Å². The number of piperidine rings is 1. The zero-order chi connectivity index (χ0) is 23.3. The lowest BCUT2D eigenvalue weighted by atomic mass is 9.88. The summed E-state index contributed by atoms with van der Waals surface area (Å²) >= 11 is 0. The smallest absolute Gasteiger partial charge is 0.326 e. The van der Waals surface area contributed by atoms with Crippen molar-refractivity contribution in [1.29, 1.82) is 0 Å². The molecule has 1 saturated heterocycles. The molecular formula is C21H32N5O5P. The van der Waals surface area contributed by atoms with E-state index in [1.54, 1.807) is 19.3 Å². The number of aromatic amines is 1. The first-order valence-electron chi connectivity index (χ1n) is 10.9. The van der Waals surface area contributed by atoms with Gasteiger partial charge in [0.1, 0.15) is 6.04 Å². The Kier molecular flexibility index (Phi) is 8.05. The van der Waals surface area contributed by atoms with E-state index in [4.69, 9.17) is 0 Å². The Labute approximate surface area is 187 Å². The van der Waals surface area contributed by atoms with Crippen LogP contribution in [-0.4, -0.2) is 67.8 Å². The van der Waals surface area contributed by atoms with E-state index < -0.39 is 19.7 Å². The highest BCUT2D eigenvalue weighted by Crippen LogP contribution is 2.35. The van der Waals surface area contributed by atoms with Crippen LogP contribution in [0.1, 0.15) is 38.8 Å². The normalized spacial score (nSPS) is 20.8. The predicted molar refractivity (Wildman–Crippen MR) is 121 cm³/mol. The molecule has 0 saturated carbocycles. The number of fused-ring (bicyclic) bond motifs is 1. The van der Waals surface area contributed by atoms with E-state index in [0.717, 1.165) is 29.4 Å². The average molecular weight is 465 g/mol. The van der Waals surface area contributed by atoms with E-state index in [9.17, 15) is 23.9 Å². The van der Waals surface area contributed by atoms with Crippen LogP contribution in [0.25, 0.3) is 10.9 Å². The molecule has 1 aliphatic rings. The number of pyridine rings is 1. The topological polar surface area (TPSA) is 148 Å². The van der Waals surface area contributed by atoms with E-state index in [-0.39, 0.29) is 24.5 Å². The van der Waals surface area contributed by atoms with E-state index in [1.165, 1.54) is 0 Å². The van der Waals surface area contributed by atoms with Crippen molar-refractivity contribution in [3.8, 4) is 0 Å². The van der Waals surface area contributed by atoms with Crippen LogP contribution in [0.5, 0.6) is 0 Å². The van der Waals surface area contributed by atoms with Crippen LogP contribution in [-0.2, 0) is 20.7 Å². The van der Waals surface area contributed by atoms with Crippen LogP contribution < -0.4 is 10.6 Å². The van der Waals surface area contributed by atoms with Crippen LogP contribution in [0.4, 0.5) is 0 Å². The Morgan fingerprint density at radius 1 is 1.41 bits per heavy atom. The van der Waals surface area contributed by atoms with Gasteiger partial charge in [-0.25, -0.2) is 0 Å². The maximum atomic E-state index is 13.0. The summed E-state index contributed by atoms with van der Waals surface area (Å²) in [4.78, 5) is 53.0. The number of H-pyrrole nitrogens is 1. The first-order chi connectivity index (χ1) is 15.2. The molecule has 0 aliphatic carbocycles. The number of hydrogen-bond donors (Lipinski definition) is 5. The molecular weight excluding hydrogens is 433 g/mol. The standard InChI is InChI=1S/C21H32N5O5P/c1-3-15-5-7-26(8-9-32(29,30)31)19(10-15)21(28)24-14(2)20(27)23-13-17-11-16-12-22-6-4-18(16)25-17/h4,6,11-12,14-15,19,25H,3,5,7-10,13H2,1-2H3,(H,23,27)(H,24,28)(H2,29,30,31)/t14-,15-,19+/m0/s1. The van der Waals surface area contributed by atoms with Crippen molar-refractivity contribution >= 4 is 30.3 Å². The summed E-state index contributed by atoms with van der Waals surface area (Å²) in [5, 5.41) is 6.55. The molecule has 2 aromatic rings. The fraction of sp³-hybridized carbons (Fsp3) is 0.571. The Hall–Kier alpha value is -2.26. The zero-order valence-electron chi connectivity index (χ0n) is 18.5. The highest BCUT2D eigenvalue weighted by atomic mass is 31.2. The van der Waals surface area contributed by atoms with Gasteiger partial charge in [-0.3, -0.25) is 24.0 Å². The minimum Gasteiger partial charge on any atom is -0.357 e. The highest BCUT2D eigenvalue weighted by molar-refractivity contribution is 7.51. The van der Waals surface area contributed by atoms with Gasteiger partial charge in [-0.2, -0.15) is 0 Å². The van der Waals surface area contributed by atoms with Gasteiger partial charge >= 0.3 is 7.60 Å². The molecule has 11 heteroatoms. The Bertz CT molecular complexity index is 957. The molecule has 0 spiro atoms. The van der Waals surface area contributed by atoms with Gasteiger partial charge in [0.05, 0.1) is 18.7 Å². The summed E-state index contributed by atoms with van der Waals surface area (Å²) in [5.41, 5.74) is 1.77. The first-order valence-corrected chi connectivity index (χ1v) is 12.7. The molecule has 32 heavy (non-hydrogen) atoms. The fourth-order valence-electron chi connectivity index (χ4n) is 4.09. The predicted octanol–water partition coefficient (Wildman–Crippen LogP) is 1.35. The second kappa shape index (κ2) is 10.6. The van der Waals surface area contributed by atoms with Gasteiger partial charge in [0, 0.05) is 35.5 Å². The second-order valence-corrected chi connectivity index (χ2v) is 10.2. The number of carbonyl (C=O) groups excluding carboxylic acids is 2. The maximum Gasteiger partial charge on any atom is 0.326 e. The third kappa shape index (κ3) is 6.62. The van der Waals surface area contributed by atoms with E-state index in [2.05, 4.69) is 27.5 Å². The molecule has 0 bridgehead atoms. The average Bonchev–Trinajstić information content (AvgIpc) is 3.18. The summed E-state index contributed by atoms with van der Waals surface area (Å²) in [6.07, 6.45) is 5.58. The molecule has 3 rings (SSSR count). The monoisotopic (exact) mass is 465 g/mol. The van der Waals surface area contributed by atoms with Crippen molar-refractivity contribution in [2.24, 2.45) is 5.92 Å². The number of nitrogens with zero attached hydrogens (tertiary/aromatic N) is 2. The van der Waals surface area contributed by atoms with Gasteiger partial charge in [0.25, 0.3) is 0 Å². The van der Waals surface area contributed by atoms with Gasteiger partial charge < -0.3 is 25.4 Å². The lowest BCUT2D eigenvalue weighted by Crippen LogP contribution is -2.55. The summed E-state index contributed by atoms with van der Waals surface area (Å²) < 4.78 is 11.3. The second-order valence-electron chi connectivity index (χ2n) is 8.44. The minimum absolute atomic E-state index is 0.147. The summed E-state index contributed by atoms with van der Waals surface area (Å²) in [6, 6.07) is 2.53.